The standard InChI is InChI=1S/C17H23NO2S/c1-6-7-15(10-12(2)18-8-9-20-5)17-11-16(13(3)19)14(4)21-17/h6-7,11,18H,1-2,8-10H2,3-5H3/b15-7+. The van der Waals surface area contributed by atoms with Crippen LogP contribution >= 0.6 is 11.3 Å². The van der Waals surface area contributed by atoms with E-state index < -0.39 is 0 Å². The first-order chi connectivity index (χ1) is 9.99. The van der Waals surface area contributed by atoms with Crippen LogP contribution < -0.4 is 5.32 Å². The molecule has 0 aliphatic carbocycles. The summed E-state index contributed by atoms with van der Waals surface area (Å²) < 4.78 is 5.00. The third kappa shape index (κ3) is 5.33. The maximum atomic E-state index is 11.6. The van der Waals surface area contributed by atoms with Gasteiger partial charge in [0.25, 0.3) is 0 Å². The van der Waals surface area contributed by atoms with Crippen molar-refractivity contribution < 1.29 is 9.53 Å². The molecule has 0 unspecified atom stereocenters. The number of carbonyl (C=O) groups is 1. The summed E-state index contributed by atoms with van der Waals surface area (Å²) >= 11 is 1.63. The van der Waals surface area contributed by atoms with Gasteiger partial charge in [-0.1, -0.05) is 25.3 Å². The quantitative estimate of drug-likeness (QED) is 0.426. The molecular weight excluding hydrogens is 282 g/mol. The van der Waals surface area contributed by atoms with Gasteiger partial charge in [0.2, 0.25) is 0 Å². The summed E-state index contributed by atoms with van der Waals surface area (Å²) in [5, 5.41) is 3.23. The van der Waals surface area contributed by atoms with Gasteiger partial charge < -0.3 is 10.1 Å². The second-order valence-electron chi connectivity index (χ2n) is 4.76. The molecule has 1 N–H and O–H groups in total. The van der Waals surface area contributed by atoms with Gasteiger partial charge in [0, 0.05) is 41.1 Å². The largest absolute Gasteiger partial charge is 0.386 e. The first-order valence-corrected chi connectivity index (χ1v) is 7.65. The Balaban J connectivity index is 2.85. The van der Waals surface area contributed by atoms with E-state index in [0.29, 0.717) is 13.0 Å². The molecule has 0 bridgehead atoms. The molecular formula is C17H23NO2S. The summed E-state index contributed by atoms with van der Waals surface area (Å²) in [5.41, 5.74) is 2.83. The van der Waals surface area contributed by atoms with E-state index in [1.54, 1.807) is 31.4 Å². The number of aryl methyl sites for hydroxylation is 1. The van der Waals surface area contributed by atoms with Gasteiger partial charge in [-0.3, -0.25) is 4.79 Å². The predicted molar refractivity (Wildman–Crippen MR) is 90.9 cm³/mol. The van der Waals surface area contributed by atoms with E-state index in [1.807, 2.05) is 19.1 Å². The highest BCUT2D eigenvalue weighted by Gasteiger charge is 2.12. The Morgan fingerprint density at radius 1 is 1.52 bits per heavy atom. The fourth-order valence-electron chi connectivity index (χ4n) is 1.98. The lowest BCUT2D eigenvalue weighted by molar-refractivity contribution is 0.101. The maximum Gasteiger partial charge on any atom is 0.160 e. The molecule has 3 nitrogen and oxygen atoms in total. The molecule has 0 aliphatic heterocycles. The predicted octanol–water partition coefficient (Wildman–Crippen LogP) is 3.97. The summed E-state index contributed by atoms with van der Waals surface area (Å²) in [6, 6.07) is 1.96. The van der Waals surface area contributed by atoms with E-state index in [0.717, 1.165) is 33.1 Å². The SMILES string of the molecule is C=C/C=C(\CC(=C)NCCOC)c1cc(C(C)=O)c(C)s1. The van der Waals surface area contributed by atoms with Crippen LogP contribution in [0.3, 0.4) is 0 Å². The number of nitrogens with one attached hydrogen (secondary N) is 1. The Morgan fingerprint density at radius 3 is 2.76 bits per heavy atom. The Morgan fingerprint density at radius 2 is 2.24 bits per heavy atom. The highest BCUT2D eigenvalue weighted by Crippen LogP contribution is 2.31. The fourth-order valence-corrected chi connectivity index (χ4v) is 3.07. The van der Waals surface area contributed by atoms with E-state index in [9.17, 15) is 4.79 Å². The molecule has 114 valence electrons. The van der Waals surface area contributed by atoms with Crippen molar-refractivity contribution in [2.75, 3.05) is 20.3 Å². The molecule has 0 aromatic carbocycles. The minimum Gasteiger partial charge on any atom is -0.386 e. The van der Waals surface area contributed by atoms with E-state index in [2.05, 4.69) is 18.5 Å². The second-order valence-corrected chi connectivity index (χ2v) is 6.02. The molecule has 21 heavy (non-hydrogen) atoms. The first-order valence-electron chi connectivity index (χ1n) is 6.83. The number of ether oxygens (including phenoxy) is 1. The van der Waals surface area contributed by atoms with Gasteiger partial charge in [-0.2, -0.15) is 0 Å². The number of carbonyl (C=O) groups excluding carboxylic acids is 1. The zero-order valence-electron chi connectivity index (χ0n) is 13.0. The van der Waals surface area contributed by atoms with Crippen molar-refractivity contribution in [1.82, 2.24) is 5.32 Å². The highest BCUT2D eigenvalue weighted by molar-refractivity contribution is 7.13. The average Bonchev–Trinajstić information content (AvgIpc) is 2.81. The number of methoxy groups -OCH3 is 1. The molecule has 0 atom stereocenters. The van der Waals surface area contributed by atoms with Crippen LogP contribution in [0.2, 0.25) is 0 Å². The topological polar surface area (TPSA) is 38.3 Å². The van der Waals surface area contributed by atoms with Gasteiger partial charge in [0.05, 0.1) is 6.61 Å². The maximum absolute atomic E-state index is 11.6. The summed E-state index contributed by atoms with van der Waals surface area (Å²) in [5.74, 6) is 0.102. The fraction of sp³-hybridized carbons (Fsp3) is 0.353. The van der Waals surface area contributed by atoms with Crippen molar-refractivity contribution >= 4 is 22.7 Å². The van der Waals surface area contributed by atoms with Crippen LogP contribution in [0.5, 0.6) is 0 Å². The lowest BCUT2D eigenvalue weighted by Gasteiger charge is -2.11. The van der Waals surface area contributed by atoms with Gasteiger partial charge in [0.15, 0.2) is 5.78 Å². The smallest absolute Gasteiger partial charge is 0.160 e. The minimum absolute atomic E-state index is 0.102. The van der Waals surface area contributed by atoms with Crippen molar-refractivity contribution in [3.63, 3.8) is 0 Å². The number of thiophene rings is 1. The number of allylic oxidation sites excluding steroid dienone is 3. The summed E-state index contributed by atoms with van der Waals surface area (Å²) in [4.78, 5) is 13.7. The molecule has 4 heteroatoms. The summed E-state index contributed by atoms with van der Waals surface area (Å²) in [7, 11) is 1.67. The van der Waals surface area contributed by atoms with Crippen LogP contribution in [0.4, 0.5) is 0 Å². The Kier molecular flexibility index (Phi) is 7.12. The van der Waals surface area contributed by atoms with Crippen LogP contribution in [-0.4, -0.2) is 26.0 Å². The van der Waals surface area contributed by atoms with Crippen molar-refractivity contribution in [2.24, 2.45) is 0 Å². The molecule has 1 rings (SSSR count). The normalized spacial score (nSPS) is 11.3. The number of hydrogen-bond acceptors (Lipinski definition) is 4. The molecule has 1 aromatic heterocycles. The van der Waals surface area contributed by atoms with Gasteiger partial charge in [-0.25, -0.2) is 0 Å². The Hall–Kier alpha value is -1.65. The monoisotopic (exact) mass is 305 g/mol. The van der Waals surface area contributed by atoms with Crippen LogP contribution in [0.25, 0.3) is 5.57 Å². The summed E-state index contributed by atoms with van der Waals surface area (Å²) in [6.45, 7) is 12.8. The van der Waals surface area contributed by atoms with Crippen LogP contribution in [0, 0.1) is 6.92 Å². The van der Waals surface area contributed by atoms with E-state index in [1.165, 1.54) is 0 Å². The molecule has 0 amide bonds. The molecule has 0 radical (unpaired) electrons. The third-order valence-electron chi connectivity index (χ3n) is 3.02. The highest BCUT2D eigenvalue weighted by atomic mass is 32.1. The van der Waals surface area contributed by atoms with Crippen LogP contribution in [-0.2, 0) is 4.74 Å². The van der Waals surface area contributed by atoms with E-state index in [4.69, 9.17) is 4.74 Å². The molecule has 0 saturated carbocycles. The minimum atomic E-state index is 0.102. The van der Waals surface area contributed by atoms with Crippen LogP contribution in [0.15, 0.2) is 37.1 Å². The van der Waals surface area contributed by atoms with Gasteiger partial charge in [0.1, 0.15) is 0 Å². The van der Waals surface area contributed by atoms with Crippen molar-refractivity contribution in [3.8, 4) is 0 Å². The number of ketones is 1. The van der Waals surface area contributed by atoms with Gasteiger partial charge in [-0.05, 0) is 25.5 Å². The van der Waals surface area contributed by atoms with Crippen LogP contribution in [0.1, 0.15) is 33.5 Å². The zero-order chi connectivity index (χ0) is 15.8. The Bertz CT molecular complexity index is 555. The summed E-state index contributed by atoms with van der Waals surface area (Å²) in [6.07, 6.45) is 4.44. The average molecular weight is 305 g/mol. The molecule has 1 heterocycles. The molecule has 0 aliphatic rings. The second kappa shape index (κ2) is 8.60. The van der Waals surface area contributed by atoms with Crippen molar-refractivity contribution in [1.29, 1.82) is 0 Å². The lowest BCUT2D eigenvalue weighted by Crippen LogP contribution is -2.18. The zero-order valence-corrected chi connectivity index (χ0v) is 13.8. The van der Waals surface area contributed by atoms with Crippen molar-refractivity contribution in [2.45, 2.75) is 20.3 Å². The number of Topliss-reactive ketones (excluding diaryl/α,β-unsaturated/α-hetero) is 1. The molecule has 0 fully saturated rings. The third-order valence-corrected chi connectivity index (χ3v) is 4.14. The van der Waals surface area contributed by atoms with Gasteiger partial charge in [-0.15, -0.1) is 11.3 Å². The number of hydrogen-bond donors (Lipinski definition) is 1. The Labute approximate surface area is 131 Å². The van der Waals surface area contributed by atoms with Gasteiger partial charge >= 0.3 is 0 Å². The first kappa shape index (κ1) is 17.4. The van der Waals surface area contributed by atoms with E-state index >= 15 is 0 Å². The molecule has 0 spiro atoms. The number of rotatable bonds is 9. The molecule has 1 aromatic rings. The van der Waals surface area contributed by atoms with Crippen molar-refractivity contribution in [3.05, 3.63) is 52.4 Å². The molecule has 0 saturated heterocycles. The lowest BCUT2D eigenvalue weighted by atomic mass is 10.1. The van der Waals surface area contributed by atoms with E-state index in [-0.39, 0.29) is 5.78 Å².